The second-order valence-corrected chi connectivity index (χ2v) is 4.11. The van der Waals surface area contributed by atoms with Crippen molar-refractivity contribution in [3.63, 3.8) is 0 Å². The van der Waals surface area contributed by atoms with Crippen molar-refractivity contribution < 1.29 is 0 Å². The lowest BCUT2D eigenvalue weighted by Crippen LogP contribution is -2.24. The second kappa shape index (κ2) is 4.56. The summed E-state index contributed by atoms with van der Waals surface area (Å²) in [6, 6.07) is 3.68. The molecule has 0 radical (unpaired) electrons. The molecule has 0 aliphatic heterocycles. The van der Waals surface area contributed by atoms with E-state index in [-0.39, 0.29) is 5.54 Å². The highest BCUT2D eigenvalue weighted by Crippen LogP contribution is 2.09. The van der Waals surface area contributed by atoms with Crippen LogP contribution in [0.25, 0.3) is 0 Å². The van der Waals surface area contributed by atoms with Gasteiger partial charge in [-0.2, -0.15) is 5.26 Å². The van der Waals surface area contributed by atoms with E-state index in [1.54, 1.807) is 12.4 Å². The predicted octanol–water partition coefficient (Wildman–Crippen LogP) is 1.70. The van der Waals surface area contributed by atoms with Gasteiger partial charge < -0.3 is 0 Å². The molecule has 0 aliphatic carbocycles. The van der Waals surface area contributed by atoms with Crippen molar-refractivity contribution in [2.75, 3.05) is 0 Å². The maximum absolute atomic E-state index is 8.63. The second-order valence-electron chi connectivity index (χ2n) is 4.11. The van der Waals surface area contributed by atoms with E-state index in [9.17, 15) is 0 Å². The molecule has 0 bridgehead atoms. The number of pyridine rings is 1. The van der Waals surface area contributed by atoms with Crippen molar-refractivity contribution in [3.8, 4) is 6.19 Å². The first-order chi connectivity index (χ1) is 7.03. The minimum absolute atomic E-state index is 0.227. The molecule has 0 aromatic carbocycles. The van der Waals surface area contributed by atoms with Crippen molar-refractivity contribution in [3.05, 3.63) is 30.1 Å². The van der Waals surface area contributed by atoms with Gasteiger partial charge in [0.25, 0.3) is 0 Å². The van der Waals surface area contributed by atoms with E-state index in [0.717, 1.165) is 5.56 Å². The van der Waals surface area contributed by atoms with E-state index in [0.29, 0.717) is 5.84 Å². The lowest BCUT2D eigenvalue weighted by atomic mass is 10.1. The maximum atomic E-state index is 8.63. The first kappa shape index (κ1) is 11.2. The standard InChI is InChI=1S/C11H14N4/c1-11(2,3)15-10(14-8-12)9-5-4-6-13-7-9/h4-7H,1-3H3,(H,14,15). The number of hydrogen-bond acceptors (Lipinski definition) is 3. The zero-order chi connectivity index (χ0) is 11.3. The molecule has 1 aromatic rings. The topological polar surface area (TPSA) is 61.1 Å². The van der Waals surface area contributed by atoms with Gasteiger partial charge in [-0.25, -0.2) is 0 Å². The van der Waals surface area contributed by atoms with Crippen LogP contribution >= 0.6 is 0 Å². The summed E-state index contributed by atoms with van der Waals surface area (Å²) in [6.07, 6.45) is 5.24. The van der Waals surface area contributed by atoms with Crippen LogP contribution in [0.3, 0.4) is 0 Å². The quantitative estimate of drug-likeness (QED) is 0.326. The van der Waals surface area contributed by atoms with Crippen LogP contribution in [0.1, 0.15) is 26.3 Å². The molecular weight excluding hydrogens is 188 g/mol. The number of nitrogens with one attached hydrogen (secondary N) is 1. The predicted molar refractivity (Wildman–Crippen MR) is 59.3 cm³/mol. The lowest BCUT2D eigenvalue weighted by molar-refractivity contribution is 0.582. The molecule has 4 heteroatoms. The molecule has 15 heavy (non-hydrogen) atoms. The molecule has 1 rings (SSSR count). The molecule has 0 atom stereocenters. The van der Waals surface area contributed by atoms with Crippen LogP contribution in [0.5, 0.6) is 0 Å². The Morgan fingerprint density at radius 2 is 2.27 bits per heavy atom. The minimum atomic E-state index is -0.227. The minimum Gasteiger partial charge on any atom is -0.277 e. The monoisotopic (exact) mass is 202 g/mol. The Bertz CT molecular complexity index is 381. The van der Waals surface area contributed by atoms with Gasteiger partial charge in [-0.1, -0.05) is 0 Å². The fraction of sp³-hybridized carbons (Fsp3) is 0.364. The van der Waals surface area contributed by atoms with Crippen LogP contribution in [-0.2, 0) is 0 Å². The Balaban J connectivity index is 3.05. The van der Waals surface area contributed by atoms with Crippen LogP contribution in [-0.4, -0.2) is 16.4 Å². The van der Waals surface area contributed by atoms with Crippen LogP contribution < -0.4 is 5.32 Å². The number of hydrogen-bond donors (Lipinski definition) is 1. The smallest absolute Gasteiger partial charge is 0.182 e. The van der Waals surface area contributed by atoms with Crippen LogP contribution in [0, 0.1) is 11.5 Å². The Kier molecular flexibility index (Phi) is 3.40. The number of aliphatic imine (C=N–C) groups is 1. The lowest BCUT2D eigenvalue weighted by Gasteiger charge is -2.14. The Hall–Kier alpha value is -1.89. The summed E-state index contributed by atoms with van der Waals surface area (Å²) >= 11 is 0. The van der Waals surface area contributed by atoms with Crippen LogP contribution in [0.15, 0.2) is 29.5 Å². The fourth-order valence-electron chi connectivity index (χ4n) is 1.06. The normalized spacial score (nSPS) is 12.0. The molecule has 1 N–H and O–H groups in total. The molecular formula is C11H14N4. The highest BCUT2D eigenvalue weighted by molar-refractivity contribution is 5.99. The van der Waals surface area contributed by atoms with E-state index < -0.39 is 0 Å². The van der Waals surface area contributed by atoms with Gasteiger partial charge in [0.2, 0.25) is 0 Å². The van der Waals surface area contributed by atoms with E-state index >= 15 is 0 Å². The van der Waals surface area contributed by atoms with Crippen molar-refractivity contribution in [1.82, 2.24) is 10.3 Å². The maximum Gasteiger partial charge on any atom is 0.182 e. The molecule has 0 saturated heterocycles. The number of nitrogens with zero attached hydrogens (tertiary/aromatic N) is 3. The Labute approximate surface area is 89.7 Å². The molecule has 0 amide bonds. The van der Waals surface area contributed by atoms with E-state index in [2.05, 4.69) is 15.3 Å². The van der Waals surface area contributed by atoms with Gasteiger partial charge in [-0.3, -0.25) is 15.3 Å². The van der Waals surface area contributed by atoms with Crippen LogP contribution in [0.2, 0.25) is 0 Å². The molecule has 4 nitrogen and oxygen atoms in total. The zero-order valence-corrected chi connectivity index (χ0v) is 9.15. The average molecular weight is 202 g/mol. The third-order valence-corrected chi connectivity index (χ3v) is 1.56. The first-order valence-electron chi connectivity index (χ1n) is 4.68. The first-order valence-corrected chi connectivity index (χ1v) is 4.68. The molecule has 0 unspecified atom stereocenters. The molecule has 0 saturated carbocycles. The Morgan fingerprint density at radius 1 is 1.53 bits per heavy atom. The Morgan fingerprint density at radius 3 is 2.73 bits per heavy atom. The number of nitriles is 1. The molecule has 0 aliphatic rings. The number of rotatable bonds is 1. The van der Waals surface area contributed by atoms with Gasteiger partial charge in [-0.05, 0) is 32.9 Å². The average Bonchev–Trinajstić information content (AvgIpc) is 2.17. The largest absolute Gasteiger partial charge is 0.277 e. The molecule has 1 aromatic heterocycles. The molecule has 1 heterocycles. The van der Waals surface area contributed by atoms with E-state index in [4.69, 9.17) is 5.26 Å². The van der Waals surface area contributed by atoms with E-state index in [1.165, 1.54) is 0 Å². The van der Waals surface area contributed by atoms with Crippen molar-refractivity contribution in [2.24, 2.45) is 4.99 Å². The third kappa shape index (κ3) is 3.77. The van der Waals surface area contributed by atoms with Gasteiger partial charge >= 0.3 is 0 Å². The molecule has 0 fully saturated rings. The van der Waals surface area contributed by atoms with Crippen molar-refractivity contribution in [1.29, 1.82) is 5.26 Å². The molecule has 0 spiro atoms. The van der Waals surface area contributed by atoms with Gasteiger partial charge in [0.1, 0.15) is 5.84 Å². The number of amidine groups is 1. The van der Waals surface area contributed by atoms with Gasteiger partial charge in [0.15, 0.2) is 6.19 Å². The highest BCUT2D eigenvalue weighted by Gasteiger charge is 2.11. The van der Waals surface area contributed by atoms with Gasteiger partial charge in [-0.15, -0.1) is 0 Å². The highest BCUT2D eigenvalue weighted by atomic mass is 15.0. The molecule has 78 valence electrons. The van der Waals surface area contributed by atoms with Crippen LogP contribution in [0.4, 0.5) is 0 Å². The summed E-state index contributed by atoms with van der Waals surface area (Å²) in [6.45, 7) is 5.92. The van der Waals surface area contributed by atoms with E-state index in [1.807, 2.05) is 39.1 Å². The van der Waals surface area contributed by atoms with Crippen molar-refractivity contribution in [2.45, 2.75) is 26.3 Å². The summed E-state index contributed by atoms with van der Waals surface area (Å²) in [5.41, 5.74) is 0.587. The van der Waals surface area contributed by atoms with Gasteiger partial charge in [0.05, 0.1) is 5.54 Å². The van der Waals surface area contributed by atoms with Gasteiger partial charge in [0, 0.05) is 18.0 Å². The number of aromatic nitrogens is 1. The summed E-state index contributed by atoms with van der Waals surface area (Å²) in [4.78, 5) is 8.40. The SMILES string of the molecule is CC(C)(C)N=C(NC#N)c1cccnc1. The summed E-state index contributed by atoms with van der Waals surface area (Å²) in [5, 5.41) is 11.2. The van der Waals surface area contributed by atoms with Crippen molar-refractivity contribution >= 4 is 5.84 Å². The fourth-order valence-corrected chi connectivity index (χ4v) is 1.06. The third-order valence-electron chi connectivity index (χ3n) is 1.56. The summed E-state index contributed by atoms with van der Waals surface area (Å²) < 4.78 is 0. The zero-order valence-electron chi connectivity index (χ0n) is 9.15. The summed E-state index contributed by atoms with van der Waals surface area (Å²) in [7, 11) is 0. The summed E-state index contributed by atoms with van der Waals surface area (Å²) in [5.74, 6) is 0.554.